The summed E-state index contributed by atoms with van der Waals surface area (Å²) in [5.74, 6) is 0.917. The number of hydrogen-bond acceptors (Lipinski definition) is 6. The molecule has 1 aromatic heterocycles. The number of anilines is 1. The van der Waals surface area contributed by atoms with E-state index < -0.39 is 0 Å². The summed E-state index contributed by atoms with van der Waals surface area (Å²) in [4.78, 5) is 25.2. The lowest BCUT2D eigenvalue weighted by molar-refractivity contribution is 0.254. The SMILES string of the molecule is CCCCN1CCN(c2ccc(-c3nc4cc(CO)cc(OC)c4c(=O)[nH]3)cc2)CC1. The van der Waals surface area contributed by atoms with Gasteiger partial charge < -0.3 is 19.7 Å². The van der Waals surface area contributed by atoms with E-state index >= 15 is 0 Å². The summed E-state index contributed by atoms with van der Waals surface area (Å²) in [6.07, 6.45) is 2.50. The first-order valence-electron chi connectivity index (χ1n) is 10.9. The number of aliphatic hydroxyl groups excluding tert-OH is 1. The number of H-pyrrole nitrogens is 1. The molecule has 0 unspecified atom stereocenters. The van der Waals surface area contributed by atoms with Gasteiger partial charge in [-0.05, 0) is 54.9 Å². The van der Waals surface area contributed by atoms with Gasteiger partial charge in [0.15, 0.2) is 0 Å². The predicted molar refractivity (Wildman–Crippen MR) is 124 cm³/mol. The molecule has 4 rings (SSSR count). The van der Waals surface area contributed by atoms with Crippen LogP contribution in [-0.4, -0.2) is 59.8 Å². The highest BCUT2D eigenvalue weighted by atomic mass is 16.5. The molecular formula is C24H30N4O3. The van der Waals surface area contributed by atoms with E-state index in [0.717, 1.165) is 31.7 Å². The second-order valence-corrected chi connectivity index (χ2v) is 7.99. The van der Waals surface area contributed by atoms with Crippen LogP contribution in [0, 0.1) is 0 Å². The fourth-order valence-corrected chi connectivity index (χ4v) is 4.12. The molecule has 0 amide bonds. The van der Waals surface area contributed by atoms with Crippen molar-refractivity contribution in [1.82, 2.24) is 14.9 Å². The normalized spacial score (nSPS) is 14.9. The lowest BCUT2D eigenvalue weighted by Crippen LogP contribution is -2.46. The van der Waals surface area contributed by atoms with Gasteiger partial charge in [-0.15, -0.1) is 0 Å². The first-order chi connectivity index (χ1) is 15.1. The molecule has 7 heteroatoms. The van der Waals surface area contributed by atoms with Crippen LogP contribution in [0.3, 0.4) is 0 Å². The molecule has 0 atom stereocenters. The van der Waals surface area contributed by atoms with E-state index in [2.05, 4.69) is 38.8 Å². The summed E-state index contributed by atoms with van der Waals surface area (Å²) in [5.41, 5.74) is 2.94. The zero-order valence-corrected chi connectivity index (χ0v) is 18.2. The predicted octanol–water partition coefficient (Wildman–Crippen LogP) is 3.01. The molecule has 31 heavy (non-hydrogen) atoms. The van der Waals surface area contributed by atoms with Gasteiger partial charge in [0, 0.05) is 37.4 Å². The molecule has 1 aliphatic rings. The smallest absolute Gasteiger partial charge is 0.262 e. The number of rotatable bonds is 7. The van der Waals surface area contributed by atoms with E-state index in [4.69, 9.17) is 4.74 Å². The number of fused-ring (bicyclic) bond motifs is 1. The van der Waals surface area contributed by atoms with Gasteiger partial charge >= 0.3 is 0 Å². The maximum absolute atomic E-state index is 12.7. The maximum Gasteiger partial charge on any atom is 0.262 e. The lowest BCUT2D eigenvalue weighted by Gasteiger charge is -2.36. The number of unbranched alkanes of at least 4 members (excludes halogenated alkanes) is 1. The minimum atomic E-state index is -0.256. The molecule has 0 radical (unpaired) electrons. The van der Waals surface area contributed by atoms with E-state index in [-0.39, 0.29) is 12.2 Å². The molecule has 0 saturated carbocycles. The zero-order chi connectivity index (χ0) is 21.8. The fourth-order valence-electron chi connectivity index (χ4n) is 4.12. The number of piperazine rings is 1. The van der Waals surface area contributed by atoms with Crippen LogP contribution < -0.4 is 15.2 Å². The Labute approximate surface area is 182 Å². The fraction of sp³-hybridized carbons (Fsp3) is 0.417. The third-order valence-electron chi connectivity index (χ3n) is 5.94. The van der Waals surface area contributed by atoms with Gasteiger partial charge in [0.1, 0.15) is 17.0 Å². The Morgan fingerprint density at radius 3 is 2.52 bits per heavy atom. The second kappa shape index (κ2) is 9.49. The largest absolute Gasteiger partial charge is 0.496 e. The Morgan fingerprint density at radius 1 is 1.13 bits per heavy atom. The van der Waals surface area contributed by atoms with Crippen molar-refractivity contribution in [3.05, 3.63) is 52.3 Å². The minimum Gasteiger partial charge on any atom is -0.496 e. The van der Waals surface area contributed by atoms with Crippen molar-refractivity contribution in [2.45, 2.75) is 26.4 Å². The van der Waals surface area contributed by atoms with Gasteiger partial charge in [0.2, 0.25) is 0 Å². The second-order valence-electron chi connectivity index (χ2n) is 7.99. The molecule has 1 fully saturated rings. The third kappa shape index (κ3) is 4.57. The number of aromatic amines is 1. The van der Waals surface area contributed by atoms with E-state index in [0.29, 0.717) is 28.0 Å². The molecule has 2 heterocycles. The highest BCUT2D eigenvalue weighted by molar-refractivity contribution is 5.86. The molecular weight excluding hydrogens is 392 g/mol. The number of nitrogens with zero attached hydrogens (tertiary/aromatic N) is 3. The lowest BCUT2D eigenvalue weighted by atomic mass is 10.1. The number of aliphatic hydroxyl groups is 1. The number of methoxy groups -OCH3 is 1. The molecule has 7 nitrogen and oxygen atoms in total. The Morgan fingerprint density at radius 2 is 1.87 bits per heavy atom. The monoisotopic (exact) mass is 422 g/mol. The van der Waals surface area contributed by atoms with Gasteiger partial charge in [0.05, 0.1) is 19.2 Å². The van der Waals surface area contributed by atoms with E-state index in [1.54, 1.807) is 12.1 Å². The molecule has 2 N–H and O–H groups in total. The molecule has 1 aliphatic heterocycles. The summed E-state index contributed by atoms with van der Waals surface area (Å²) in [5, 5.41) is 9.90. The zero-order valence-electron chi connectivity index (χ0n) is 18.2. The van der Waals surface area contributed by atoms with Crippen LogP contribution >= 0.6 is 0 Å². The van der Waals surface area contributed by atoms with Crippen LogP contribution in [-0.2, 0) is 6.61 Å². The highest BCUT2D eigenvalue weighted by Gasteiger charge is 2.17. The topological polar surface area (TPSA) is 81.7 Å². The van der Waals surface area contributed by atoms with Crippen LogP contribution in [0.1, 0.15) is 25.3 Å². The summed E-state index contributed by atoms with van der Waals surface area (Å²) in [6, 6.07) is 11.6. The summed E-state index contributed by atoms with van der Waals surface area (Å²) in [7, 11) is 1.51. The first-order valence-corrected chi connectivity index (χ1v) is 10.9. The van der Waals surface area contributed by atoms with Crippen LogP contribution in [0.2, 0.25) is 0 Å². The van der Waals surface area contributed by atoms with Crippen LogP contribution in [0.25, 0.3) is 22.3 Å². The number of aromatic nitrogens is 2. The average Bonchev–Trinajstić information content (AvgIpc) is 2.82. The van der Waals surface area contributed by atoms with Crippen LogP contribution in [0.5, 0.6) is 5.75 Å². The van der Waals surface area contributed by atoms with E-state index in [1.807, 2.05) is 12.1 Å². The number of ether oxygens (including phenoxy) is 1. The molecule has 3 aromatic rings. The molecule has 0 aliphatic carbocycles. The molecule has 164 valence electrons. The Bertz CT molecular complexity index is 1090. The Kier molecular flexibility index (Phi) is 6.53. The van der Waals surface area contributed by atoms with Crippen molar-refractivity contribution < 1.29 is 9.84 Å². The quantitative estimate of drug-likeness (QED) is 0.609. The maximum atomic E-state index is 12.7. The first kappa shape index (κ1) is 21.3. The third-order valence-corrected chi connectivity index (χ3v) is 5.94. The van der Waals surface area contributed by atoms with Crippen molar-refractivity contribution in [3.8, 4) is 17.1 Å². The van der Waals surface area contributed by atoms with E-state index in [9.17, 15) is 9.90 Å². The van der Waals surface area contributed by atoms with Crippen LogP contribution in [0.4, 0.5) is 5.69 Å². The van der Waals surface area contributed by atoms with Gasteiger partial charge in [0.25, 0.3) is 5.56 Å². The van der Waals surface area contributed by atoms with Crippen molar-refractivity contribution in [3.63, 3.8) is 0 Å². The standard InChI is InChI=1S/C24H30N4O3/c1-3-4-9-27-10-12-28(13-11-27)19-7-5-18(6-8-19)23-25-20-14-17(16-29)15-21(31-2)22(20)24(30)26-23/h5-8,14-15,29H,3-4,9-13,16H2,1-2H3,(H,25,26,30). The summed E-state index contributed by atoms with van der Waals surface area (Å²) >= 11 is 0. The van der Waals surface area contributed by atoms with Crippen LogP contribution in [0.15, 0.2) is 41.2 Å². The number of nitrogens with one attached hydrogen (secondary N) is 1. The van der Waals surface area contributed by atoms with Gasteiger partial charge in [-0.3, -0.25) is 9.69 Å². The van der Waals surface area contributed by atoms with Gasteiger partial charge in [-0.25, -0.2) is 4.98 Å². The van der Waals surface area contributed by atoms with Crippen molar-refractivity contribution >= 4 is 16.6 Å². The average molecular weight is 423 g/mol. The van der Waals surface area contributed by atoms with Crippen molar-refractivity contribution in [1.29, 1.82) is 0 Å². The molecule has 0 bridgehead atoms. The minimum absolute atomic E-state index is 0.142. The molecule has 2 aromatic carbocycles. The summed E-state index contributed by atoms with van der Waals surface area (Å²) < 4.78 is 5.33. The van der Waals surface area contributed by atoms with Crippen molar-refractivity contribution in [2.75, 3.05) is 44.7 Å². The Hall–Kier alpha value is -2.90. The number of benzene rings is 2. The van der Waals surface area contributed by atoms with E-state index in [1.165, 1.54) is 32.2 Å². The molecule has 0 spiro atoms. The van der Waals surface area contributed by atoms with Gasteiger partial charge in [-0.2, -0.15) is 0 Å². The number of hydrogen-bond donors (Lipinski definition) is 2. The summed E-state index contributed by atoms with van der Waals surface area (Å²) in [6.45, 7) is 7.52. The molecule has 1 saturated heterocycles. The Balaban J connectivity index is 1.56. The van der Waals surface area contributed by atoms with Gasteiger partial charge in [-0.1, -0.05) is 13.3 Å². The highest BCUT2D eigenvalue weighted by Crippen LogP contribution is 2.26. The van der Waals surface area contributed by atoms with Crippen molar-refractivity contribution in [2.24, 2.45) is 0 Å².